The van der Waals surface area contributed by atoms with Crippen LogP contribution in [0.3, 0.4) is 0 Å². The van der Waals surface area contributed by atoms with E-state index in [2.05, 4.69) is 10.1 Å². The number of rotatable bonds is 11. The molecule has 164 valence electrons. The molecule has 0 aliphatic heterocycles. The van der Waals surface area contributed by atoms with Crippen molar-refractivity contribution < 1.29 is 24.1 Å². The molecule has 3 rings (SSSR count). The van der Waals surface area contributed by atoms with Gasteiger partial charge < -0.3 is 19.3 Å². The molecule has 0 aliphatic rings. The van der Waals surface area contributed by atoms with E-state index in [1.807, 2.05) is 37.4 Å². The molecule has 2 aromatic heterocycles. The van der Waals surface area contributed by atoms with Crippen molar-refractivity contribution in [1.82, 2.24) is 14.8 Å². The monoisotopic (exact) mass is 425 g/mol. The van der Waals surface area contributed by atoms with Crippen LogP contribution in [0.2, 0.25) is 0 Å². The number of hydrogen-bond donors (Lipinski definition) is 1. The topological polar surface area (TPSA) is 95.7 Å². The van der Waals surface area contributed by atoms with E-state index in [-0.39, 0.29) is 0 Å². The van der Waals surface area contributed by atoms with Crippen molar-refractivity contribution in [3.05, 3.63) is 60.4 Å². The van der Waals surface area contributed by atoms with Crippen LogP contribution in [0.4, 0.5) is 0 Å². The third-order valence-corrected chi connectivity index (χ3v) is 4.47. The first-order valence-corrected chi connectivity index (χ1v) is 10.2. The Hall–Kier alpha value is -3.55. The Morgan fingerprint density at radius 1 is 1.13 bits per heavy atom. The lowest BCUT2D eigenvalue weighted by Gasteiger charge is -2.21. The van der Waals surface area contributed by atoms with Gasteiger partial charge in [-0.25, -0.2) is 14.5 Å². The van der Waals surface area contributed by atoms with Gasteiger partial charge in [0.15, 0.2) is 11.4 Å². The lowest BCUT2D eigenvalue weighted by Crippen LogP contribution is -2.37. The summed E-state index contributed by atoms with van der Waals surface area (Å²) in [6, 6.07) is 12.6. The fourth-order valence-corrected chi connectivity index (χ4v) is 2.85. The van der Waals surface area contributed by atoms with Gasteiger partial charge in [0.2, 0.25) is 5.88 Å². The quantitative estimate of drug-likeness (QED) is 0.465. The molecule has 0 unspecified atom stereocenters. The van der Waals surface area contributed by atoms with Crippen molar-refractivity contribution in [3.8, 4) is 23.2 Å². The van der Waals surface area contributed by atoms with Crippen LogP contribution < -0.4 is 14.2 Å². The summed E-state index contributed by atoms with van der Waals surface area (Å²) in [5, 5.41) is 13.7. The van der Waals surface area contributed by atoms with Crippen molar-refractivity contribution in [2.24, 2.45) is 0 Å². The molecule has 0 saturated heterocycles. The maximum Gasteiger partial charge on any atom is 0.347 e. The minimum absolute atomic E-state index is 0.445. The number of aliphatic carboxylic acids is 1. The van der Waals surface area contributed by atoms with Gasteiger partial charge in [0, 0.05) is 24.0 Å². The standard InChI is InChI=1S/C23H27N3O5/c1-4-29-21-17(16-26(25-21)20-12-5-6-13-24-20)9-8-14-30-18-10-7-11-19(15-18)31-23(2,3)22(27)28/h5-7,10-13,15-16H,4,8-9,14H2,1-3H3,(H,27,28). The number of carboxylic acids is 1. The summed E-state index contributed by atoms with van der Waals surface area (Å²) in [7, 11) is 0. The van der Waals surface area contributed by atoms with Crippen LogP contribution in [-0.4, -0.2) is 44.7 Å². The summed E-state index contributed by atoms with van der Waals surface area (Å²) in [6.07, 6.45) is 5.13. The SMILES string of the molecule is CCOc1nn(-c2ccccn2)cc1CCCOc1cccc(OC(C)(C)C(=O)O)c1. The molecule has 3 aromatic rings. The minimum Gasteiger partial charge on any atom is -0.493 e. The van der Waals surface area contributed by atoms with E-state index in [0.717, 1.165) is 24.2 Å². The molecule has 31 heavy (non-hydrogen) atoms. The van der Waals surface area contributed by atoms with Crippen molar-refractivity contribution in [3.63, 3.8) is 0 Å². The van der Waals surface area contributed by atoms with E-state index >= 15 is 0 Å². The van der Waals surface area contributed by atoms with Gasteiger partial charge in [-0.1, -0.05) is 12.1 Å². The average Bonchev–Trinajstić information content (AvgIpc) is 3.15. The van der Waals surface area contributed by atoms with Crippen LogP contribution >= 0.6 is 0 Å². The smallest absolute Gasteiger partial charge is 0.347 e. The molecule has 1 aromatic carbocycles. The molecule has 0 atom stereocenters. The number of carboxylic acid groups (broad SMARTS) is 1. The van der Waals surface area contributed by atoms with Gasteiger partial charge in [0.25, 0.3) is 0 Å². The van der Waals surface area contributed by atoms with Crippen LogP contribution in [0.5, 0.6) is 17.4 Å². The highest BCUT2D eigenvalue weighted by atomic mass is 16.5. The summed E-state index contributed by atoms with van der Waals surface area (Å²) >= 11 is 0. The van der Waals surface area contributed by atoms with Crippen molar-refractivity contribution in [2.45, 2.75) is 39.2 Å². The van der Waals surface area contributed by atoms with Gasteiger partial charge in [0.1, 0.15) is 11.5 Å². The van der Waals surface area contributed by atoms with Crippen molar-refractivity contribution >= 4 is 5.97 Å². The number of aryl methyl sites for hydroxylation is 1. The first-order valence-electron chi connectivity index (χ1n) is 10.2. The number of nitrogens with zero attached hydrogens (tertiary/aromatic N) is 3. The molecule has 0 saturated carbocycles. The van der Waals surface area contributed by atoms with Gasteiger partial charge in [-0.2, -0.15) is 0 Å². The second kappa shape index (κ2) is 9.97. The molecule has 0 radical (unpaired) electrons. The Labute approximate surface area is 181 Å². The van der Waals surface area contributed by atoms with E-state index < -0.39 is 11.6 Å². The zero-order chi connectivity index (χ0) is 22.3. The van der Waals surface area contributed by atoms with Crippen molar-refractivity contribution in [1.29, 1.82) is 0 Å². The highest BCUT2D eigenvalue weighted by molar-refractivity contribution is 5.76. The molecule has 0 bridgehead atoms. The third kappa shape index (κ3) is 5.97. The normalized spacial score (nSPS) is 11.2. The Bertz CT molecular complexity index is 1000. The summed E-state index contributed by atoms with van der Waals surface area (Å²) < 4.78 is 18.8. The van der Waals surface area contributed by atoms with Crippen LogP contribution in [0, 0.1) is 0 Å². The summed E-state index contributed by atoms with van der Waals surface area (Å²) in [5.41, 5.74) is -0.335. The number of pyridine rings is 1. The molecule has 0 spiro atoms. The Morgan fingerprint density at radius 2 is 1.94 bits per heavy atom. The molecule has 0 aliphatic carbocycles. The van der Waals surface area contributed by atoms with Gasteiger partial charge in [-0.05, 0) is 57.9 Å². The number of benzene rings is 1. The highest BCUT2D eigenvalue weighted by Gasteiger charge is 2.29. The molecular formula is C23H27N3O5. The Balaban J connectivity index is 1.58. The predicted octanol–water partition coefficient (Wildman–Crippen LogP) is 3.92. The number of aromatic nitrogens is 3. The van der Waals surface area contributed by atoms with Gasteiger partial charge in [-0.15, -0.1) is 5.10 Å². The van der Waals surface area contributed by atoms with E-state index in [1.54, 1.807) is 29.1 Å². The summed E-state index contributed by atoms with van der Waals surface area (Å²) in [4.78, 5) is 15.6. The maximum absolute atomic E-state index is 11.2. The second-order valence-electron chi connectivity index (χ2n) is 7.37. The molecule has 1 N–H and O–H groups in total. The van der Waals surface area contributed by atoms with Crippen LogP contribution in [0.25, 0.3) is 5.82 Å². The molecule has 0 amide bonds. The predicted molar refractivity (Wildman–Crippen MR) is 115 cm³/mol. The van der Waals surface area contributed by atoms with E-state index in [9.17, 15) is 9.90 Å². The zero-order valence-corrected chi connectivity index (χ0v) is 17.9. The van der Waals surface area contributed by atoms with Crippen LogP contribution in [0.1, 0.15) is 32.8 Å². The zero-order valence-electron chi connectivity index (χ0n) is 17.9. The number of ether oxygens (including phenoxy) is 3. The number of hydrogen-bond acceptors (Lipinski definition) is 6. The molecule has 8 nitrogen and oxygen atoms in total. The lowest BCUT2D eigenvalue weighted by molar-refractivity contribution is -0.152. The van der Waals surface area contributed by atoms with E-state index in [0.29, 0.717) is 30.6 Å². The number of carbonyl (C=O) groups is 1. The highest BCUT2D eigenvalue weighted by Crippen LogP contribution is 2.24. The van der Waals surface area contributed by atoms with Gasteiger partial charge in [0.05, 0.1) is 13.2 Å². The molecule has 8 heteroatoms. The van der Waals surface area contributed by atoms with Crippen molar-refractivity contribution in [2.75, 3.05) is 13.2 Å². The molecular weight excluding hydrogens is 398 g/mol. The average molecular weight is 425 g/mol. The second-order valence-corrected chi connectivity index (χ2v) is 7.37. The largest absolute Gasteiger partial charge is 0.493 e. The van der Waals surface area contributed by atoms with Crippen LogP contribution in [0.15, 0.2) is 54.9 Å². The van der Waals surface area contributed by atoms with Gasteiger partial charge >= 0.3 is 5.97 Å². The maximum atomic E-state index is 11.2. The first-order chi connectivity index (χ1) is 14.9. The molecule has 0 fully saturated rings. The van der Waals surface area contributed by atoms with Gasteiger partial charge in [-0.3, -0.25) is 0 Å². The Morgan fingerprint density at radius 3 is 2.65 bits per heavy atom. The first kappa shape index (κ1) is 22.1. The fraction of sp³-hybridized carbons (Fsp3) is 0.348. The fourth-order valence-electron chi connectivity index (χ4n) is 2.85. The molecule has 2 heterocycles. The van der Waals surface area contributed by atoms with E-state index in [1.165, 1.54) is 13.8 Å². The Kier molecular flexibility index (Phi) is 7.12. The minimum atomic E-state index is -1.32. The van der Waals surface area contributed by atoms with Crippen LogP contribution in [-0.2, 0) is 11.2 Å². The summed E-state index contributed by atoms with van der Waals surface area (Å²) in [5.74, 6) is 1.36. The third-order valence-electron chi connectivity index (χ3n) is 4.47. The lowest BCUT2D eigenvalue weighted by atomic mass is 10.1. The summed E-state index contributed by atoms with van der Waals surface area (Å²) in [6.45, 7) is 5.94. The van der Waals surface area contributed by atoms with E-state index in [4.69, 9.17) is 14.2 Å².